The summed E-state index contributed by atoms with van der Waals surface area (Å²) in [6.45, 7) is 4.88. The summed E-state index contributed by atoms with van der Waals surface area (Å²) in [5.41, 5.74) is 2.77. The normalized spacial score (nSPS) is 11.8. The van der Waals surface area contributed by atoms with Crippen molar-refractivity contribution >= 4 is 46.8 Å². The Bertz CT molecular complexity index is 1140. The van der Waals surface area contributed by atoms with Crippen LogP contribution in [0.4, 0.5) is 0 Å². The summed E-state index contributed by atoms with van der Waals surface area (Å²) in [7, 11) is 0. The Balaban J connectivity index is 1.86. The molecule has 3 aromatic carbocycles. The van der Waals surface area contributed by atoms with Gasteiger partial charge in [-0.25, -0.2) is 0 Å². The van der Waals surface area contributed by atoms with E-state index in [-0.39, 0.29) is 24.1 Å². The minimum atomic E-state index is -0.671. The number of carbonyl (C=O) groups is 2. The summed E-state index contributed by atoms with van der Waals surface area (Å²) < 4.78 is 0. The van der Waals surface area contributed by atoms with Gasteiger partial charge in [0.2, 0.25) is 11.8 Å². The molecule has 4 nitrogen and oxygen atoms in total. The number of carbonyl (C=O) groups excluding carboxylic acids is 2. The standard InChI is InChI=1S/C29H32Cl2N2O2S/c1-21(2)17-32-29(35)27(16-22-10-4-3-5-11-22)33(18-23-12-6-8-14-25(23)30)28(34)20-36-19-24-13-7-9-15-26(24)31/h3-15,21,27H,16-20H2,1-2H3,(H,32,35). The number of halogens is 2. The molecule has 0 saturated carbocycles. The van der Waals surface area contributed by atoms with Crippen LogP contribution in [-0.2, 0) is 28.3 Å². The first-order chi connectivity index (χ1) is 17.3. The van der Waals surface area contributed by atoms with Crippen LogP contribution in [0, 0.1) is 5.92 Å². The SMILES string of the molecule is CC(C)CNC(=O)C(Cc1ccccc1)N(Cc1ccccc1Cl)C(=O)CSCc1ccccc1Cl. The van der Waals surface area contributed by atoms with Crippen LogP contribution in [0.25, 0.3) is 0 Å². The van der Waals surface area contributed by atoms with Crippen molar-refractivity contribution in [3.63, 3.8) is 0 Å². The molecule has 7 heteroatoms. The Kier molecular flexibility index (Phi) is 11.2. The molecule has 1 unspecified atom stereocenters. The van der Waals surface area contributed by atoms with Gasteiger partial charge in [0.1, 0.15) is 6.04 Å². The van der Waals surface area contributed by atoms with Crippen molar-refractivity contribution in [2.24, 2.45) is 5.92 Å². The van der Waals surface area contributed by atoms with Gasteiger partial charge in [0, 0.05) is 35.3 Å². The van der Waals surface area contributed by atoms with Gasteiger partial charge >= 0.3 is 0 Å². The summed E-state index contributed by atoms with van der Waals surface area (Å²) in [5.74, 6) is 0.842. The van der Waals surface area contributed by atoms with Gasteiger partial charge in [-0.15, -0.1) is 11.8 Å². The van der Waals surface area contributed by atoms with E-state index in [0.29, 0.717) is 34.7 Å². The summed E-state index contributed by atoms with van der Waals surface area (Å²) in [5, 5.41) is 4.29. The molecule has 0 spiro atoms. The summed E-state index contributed by atoms with van der Waals surface area (Å²) in [6, 6.07) is 24.2. The van der Waals surface area contributed by atoms with Crippen molar-refractivity contribution in [3.05, 3.63) is 106 Å². The molecule has 0 aromatic heterocycles. The minimum Gasteiger partial charge on any atom is -0.354 e. The summed E-state index contributed by atoms with van der Waals surface area (Å²) in [4.78, 5) is 28.8. The molecule has 1 atom stereocenters. The highest BCUT2D eigenvalue weighted by Gasteiger charge is 2.30. The highest BCUT2D eigenvalue weighted by Crippen LogP contribution is 2.24. The smallest absolute Gasteiger partial charge is 0.243 e. The van der Waals surface area contributed by atoms with Gasteiger partial charge in [0.25, 0.3) is 0 Å². The first kappa shape index (κ1) is 28.1. The highest BCUT2D eigenvalue weighted by atomic mass is 35.5. The molecule has 0 radical (unpaired) electrons. The van der Waals surface area contributed by atoms with Crippen LogP contribution < -0.4 is 5.32 Å². The second-order valence-electron chi connectivity index (χ2n) is 9.04. The average Bonchev–Trinajstić information content (AvgIpc) is 2.87. The van der Waals surface area contributed by atoms with Gasteiger partial charge in [0.05, 0.1) is 5.75 Å². The van der Waals surface area contributed by atoms with Gasteiger partial charge in [-0.05, 0) is 34.7 Å². The molecule has 0 fully saturated rings. The third-order valence-electron chi connectivity index (χ3n) is 5.70. The fourth-order valence-corrected chi connectivity index (χ4v) is 5.12. The van der Waals surface area contributed by atoms with Crippen LogP contribution in [0.5, 0.6) is 0 Å². The van der Waals surface area contributed by atoms with Crippen LogP contribution in [-0.4, -0.2) is 35.1 Å². The van der Waals surface area contributed by atoms with Crippen molar-refractivity contribution in [1.82, 2.24) is 10.2 Å². The molecule has 36 heavy (non-hydrogen) atoms. The quantitative estimate of drug-likeness (QED) is 0.279. The topological polar surface area (TPSA) is 49.4 Å². The molecule has 1 N–H and O–H groups in total. The van der Waals surface area contributed by atoms with Gasteiger partial charge in [-0.1, -0.05) is 104 Å². The minimum absolute atomic E-state index is 0.118. The summed E-state index contributed by atoms with van der Waals surface area (Å²) in [6.07, 6.45) is 0.413. The molecule has 2 amide bonds. The maximum Gasteiger partial charge on any atom is 0.243 e. The molecule has 0 bridgehead atoms. The van der Waals surface area contributed by atoms with Crippen molar-refractivity contribution in [1.29, 1.82) is 0 Å². The predicted molar refractivity (Wildman–Crippen MR) is 151 cm³/mol. The maximum atomic E-state index is 13.7. The third-order valence-corrected chi connectivity index (χ3v) is 7.40. The lowest BCUT2D eigenvalue weighted by atomic mass is 10.0. The Morgan fingerprint density at radius 2 is 1.44 bits per heavy atom. The van der Waals surface area contributed by atoms with E-state index in [1.807, 2.05) is 86.6 Å². The average molecular weight is 544 g/mol. The molecule has 0 saturated heterocycles. The van der Waals surface area contributed by atoms with Crippen LogP contribution in [0.1, 0.15) is 30.5 Å². The zero-order chi connectivity index (χ0) is 25.9. The van der Waals surface area contributed by atoms with Gasteiger partial charge in [-0.3, -0.25) is 9.59 Å². The number of benzene rings is 3. The molecule has 0 aliphatic rings. The van der Waals surface area contributed by atoms with Gasteiger partial charge in [-0.2, -0.15) is 0 Å². The zero-order valence-corrected chi connectivity index (χ0v) is 23.0. The fourth-order valence-electron chi connectivity index (χ4n) is 3.73. The monoisotopic (exact) mass is 542 g/mol. The number of hydrogen-bond donors (Lipinski definition) is 1. The summed E-state index contributed by atoms with van der Waals surface area (Å²) >= 11 is 14.2. The van der Waals surface area contributed by atoms with E-state index >= 15 is 0 Å². The fraction of sp³-hybridized carbons (Fsp3) is 0.310. The lowest BCUT2D eigenvalue weighted by Gasteiger charge is -2.32. The Labute approximate surface area is 228 Å². The van der Waals surface area contributed by atoms with Crippen LogP contribution >= 0.6 is 35.0 Å². The molecule has 0 heterocycles. The van der Waals surface area contributed by atoms with Crippen molar-refractivity contribution < 1.29 is 9.59 Å². The molecular formula is C29H32Cl2N2O2S. The van der Waals surface area contributed by atoms with E-state index in [1.165, 1.54) is 11.8 Å². The van der Waals surface area contributed by atoms with Crippen molar-refractivity contribution in [3.8, 4) is 0 Å². The third kappa shape index (κ3) is 8.58. The highest BCUT2D eigenvalue weighted by molar-refractivity contribution is 7.99. The Hall–Kier alpha value is -2.47. The van der Waals surface area contributed by atoms with E-state index in [0.717, 1.165) is 16.7 Å². The maximum absolute atomic E-state index is 13.7. The molecular weight excluding hydrogens is 511 g/mol. The van der Waals surface area contributed by atoms with Crippen LogP contribution in [0.2, 0.25) is 10.0 Å². The first-order valence-corrected chi connectivity index (χ1v) is 13.9. The lowest BCUT2D eigenvalue weighted by molar-refractivity contribution is -0.139. The number of rotatable bonds is 12. The number of hydrogen-bond acceptors (Lipinski definition) is 3. The van der Waals surface area contributed by atoms with E-state index in [9.17, 15) is 9.59 Å². The largest absolute Gasteiger partial charge is 0.354 e. The molecule has 190 valence electrons. The Morgan fingerprint density at radius 1 is 0.861 bits per heavy atom. The number of nitrogens with zero attached hydrogens (tertiary/aromatic N) is 1. The second kappa shape index (κ2) is 14.3. The van der Waals surface area contributed by atoms with Crippen LogP contribution in [0.15, 0.2) is 78.9 Å². The number of nitrogens with one attached hydrogen (secondary N) is 1. The lowest BCUT2D eigenvalue weighted by Crippen LogP contribution is -2.51. The van der Waals surface area contributed by atoms with Crippen molar-refractivity contribution in [2.45, 2.75) is 38.6 Å². The molecule has 0 aliphatic heterocycles. The number of amides is 2. The van der Waals surface area contributed by atoms with Gasteiger partial charge in [0.15, 0.2) is 0 Å². The molecule has 3 rings (SSSR count). The van der Waals surface area contributed by atoms with E-state index in [2.05, 4.69) is 5.32 Å². The second-order valence-corrected chi connectivity index (χ2v) is 10.8. The van der Waals surface area contributed by atoms with Crippen LogP contribution in [0.3, 0.4) is 0 Å². The van der Waals surface area contributed by atoms with Crippen molar-refractivity contribution in [2.75, 3.05) is 12.3 Å². The zero-order valence-electron chi connectivity index (χ0n) is 20.6. The number of thioether (sulfide) groups is 1. The molecule has 0 aliphatic carbocycles. The predicted octanol–water partition coefficient (Wildman–Crippen LogP) is 6.64. The van der Waals surface area contributed by atoms with E-state index in [4.69, 9.17) is 23.2 Å². The van der Waals surface area contributed by atoms with Gasteiger partial charge < -0.3 is 10.2 Å². The first-order valence-electron chi connectivity index (χ1n) is 12.0. The molecule has 3 aromatic rings. The Morgan fingerprint density at radius 3 is 2.06 bits per heavy atom. The van der Waals surface area contributed by atoms with E-state index < -0.39 is 6.04 Å². The van der Waals surface area contributed by atoms with E-state index in [1.54, 1.807) is 11.0 Å².